The predicted octanol–water partition coefficient (Wildman–Crippen LogP) is -0.645. The van der Waals surface area contributed by atoms with Crippen molar-refractivity contribution in [1.82, 2.24) is 10.1 Å². The van der Waals surface area contributed by atoms with Crippen molar-refractivity contribution >= 4 is 0 Å². The third-order valence-corrected chi connectivity index (χ3v) is 2.25. The van der Waals surface area contributed by atoms with Gasteiger partial charge in [0.2, 0.25) is 0 Å². The van der Waals surface area contributed by atoms with Crippen molar-refractivity contribution in [3.8, 4) is 0 Å². The maximum atomic E-state index is 5.07. The molecule has 0 saturated heterocycles. The molecule has 1 aromatic rings. The van der Waals surface area contributed by atoms with Crippen molar-refractivity contribution < 1.29 is 60.4 Å². The largest absolute Gasteiger partial charge is 1.00 e. The van der Waals surface area contributed by atoms with Gasteiger partial charge in [-0.15, -0.1) is 0 Å². The van der Waals surface area contributed by atoms with Crippen molar-refractivity contribution in [2.75, 3.05) is 0 Å². The Kier molecular flexibility index (Phi) is 4.89. The minimum atomic E-state index is 0. The third-order valence-electron chi connectivity index (χ3n) is 2.25. The Morgan fingerprint density at radius 3 is 2.58 bits per heavy atom. The maximum Gasteiger partial charge on any atom is 1.00 e. The van der Waals surface area contributed by atoms with Crippen LogP contribution in [0.15, 0.2) is 15.5 Å². The molecule has 0 aliphatic heterocycles. The van der Waals surface area contributed by atoms with Gasteiger partial charge in [0, 0.05) is 6.46 Å². The number of hydrogen-bond acceptors (Lipinski definition) is 2. The summed E-state index contributed by atoms with van der Waals surface area (Å²) in [7, 11) is 0. The summed E-state index contributed by atoms with van der Waals surface area (Å²) in [4.78, 5) is 1.69. The molecule has 0 aromatic carbocycles. The van der Waals surface area contributed by atoms with Crippen molar-refractivity contribution in [3.05, 3.63) is 6.46 Å². The number of nitrogens with zero attached hydrogens (tertiary/aromatic N) is 1. The Hall–Kier alpha value is 0.706. The van der Waals surface area contributed by atoms with Crippen LogP contribution in [-0.4, -0.2) is 10.1 Å². The molecule has 1 N–H and O–H groups in total. The van der Waals surface area contributed by atoms with Crippen LogP contribution in [-0.2, 0) is 0 Å². The smallest absolute Gasteiger partial charge is 0.512 e. The van der Waals surface area contributed by atoms with Gasteiger partial charge in [-0.1, -0.05) is 19.3 Å². The standard InChI is InChI=1S/C7H13N2O2.K/c1-2-4-7(5-3-1)9-8-10-6-11-9;/h6-8H,1-5H2;/q-1;+1. The van der Waals surface area contributed by atoms with Gasteiger partial charge >= 0.3 is 51.4 Å². The molecule has 1 aliphatic rings. The average Bonchev–Trinajstić information content (AvgIpc) is 2.58. The number of hydrogen-bond donors (Lipinski definition) is 1. The molecule has 0 spiro atoms. The maximum absolute atomic E-state index is 5.07. The fraction of sp³-hybridized carbons (Fsp3) is 0.857. The van der Waals surface area contributed by atoms with E-state index >= 15 is 0 Å². The zero-order valence-corrected chi connectivity index (χ0v) is 10.6. The Morgan fingerprint density at radius 2 is 2.00 bits per heavy atom. The molecule has 1 fully saturated rings. The molecule has 0 amide bonds. The number of H-pyrrole nitrogens is 1. The molecular formula is C7H13KN2O2. The van der Waals surface area contributed by atoms with Gasteiger partial charge in [-0.05, 0) is 12.8 Å². The van der Waals surface area contributed by atoms with E-state index < -0.39 is 0 Å². The summed E-state index contributed by atoms with van der Waals surface area (Å²) in [6, 6.07) is 0.488. The Morgan fingerprint density at radius 1 is 1.25 bits per heavy atom. The van der Waals surface area contributed by atoms with Crippen LogP contribution in [0.3, 0.4) is 0 Å². The minimum Gasteiger partial charge on any atom is -0.512 e. The Balaban J connectivity index is 0.000000720. The molecule has 64 valence electrons. The van der Waals surface area contributed by atoms with Gasteiger partial charge in [-0.3, -0.25) is 0 Å². The van der Waals surface area contributed by atoms with Crippen LogP contribution in [0.4, 0.5) is 0 Å². The van der Waals surface area contributed by atoms with Gasteiger partial charge in [0.1, 0.15) is 0 Å². The second kappa shape index (κ2) is 5.44. The second-order valence-corrected chi connectivity index (χ2v) is 3.03. The van der Waals surface area contributed by atoms with Crippen molar-refractivity contribution in [3.63, 3.8) is 0 Å². The normalized spacial score (nSPS) is 18.7. The molecule has 4 nitrogen and oxygen atoms in total. The van der Waals surface area contributed by atoms with Crippen LogP contribution >= 0.6 is 0 Å². The van der Waals surface area contributed by atoms with Crippen LogP contribution in [0.2, 0.25) is 0 Å². The summed E-state index contributed by atoms with van der Waals surface area (Å²) in [6.07, 6.45) is 6.35. The molecule has 5 heteroatoms. The van der Waals surface area contributed by atoms with Crippen LogP contribution < -0.4 is 51.4 Å². The molecule has 0 radical (unpaired) electrons. The molecule has 1 aliphatic carbocycles. The predicted molar refractivity (Wildman–Crippen MR) is 38.7 cm³/mol. The van der Waals surface area contributed by atoms with E-state index in [9.17, 15) is 0 Å². The molecular weight excluding hydrogens is 183 g/mol. The molecule has 1 saturated carbocycles. The SMILES string of the molecule is [K+].[cH-]1o[nH]n(C2CCCCC2)o1. The molecule has 0 atom stereocenters. The van der Waals surface area contributed by atoms with Gasteiger partial charge < -0.3 is 9.05 Å². The Bertz CT molecular complexity index is 209. The molecule has 0 unspecified atom stereocenters. The third kappa shape index (κ3) is 2.60. The van der Waals surface area contributed by atoms with Crippen molar-refractivity contribution in [2.45, 2.75) is 38.1 Å². The van der Waals surface area contributed by atoms with Crippen LogP contribution in [0.5, 0.6) is 0 Å². The number of nitrogens with one attached hydrogen (secondary N) is 1. The van der Waals surface area contributed by atoms with Crippen molar-refractivity contribution in [1.29, 1.82) is 0 Å². The fourth-order valence-electron chi connectivity index (χ4n) is 1.64. The van der Waals surface area contributed by atoms with Gasteiger partial charge in [-0.25, -0.2) is 0 Å². The molecule has 2 rings (SSSR count). The zero-order valence-electron chi connectivity index (χ0n) is 7.45. The van der Waals surface area contributed by atoms with E-state index in [1.165, 1.54) is 38.6 Å². The number of aromatic nitrogens is 2. The summed E-state index contributed by atoms with van der Waals surface area (Å²) in [6.45, 7) is 1.31. The summed E-state index contributed by atoms with van der Waals surface area (Å²) in [5, 5.41) is 2.68. The molecule has 1 heterocycles. The molecule has 0 bridgehead atoms. The second-order valence-electron chi connectivity index (χ2n) is 3.03. The van der Waals surface area contributed by atoms with E-state index in [1.54, 1.807) is 4.85 Å². The van der Waals surface area contributed by atoms with E-state index in [0.29, 0.717) is 6.04 Å². The molecule has 12 heavy (non-hydrogen) atoms. The quantitative estimate of drug-likeness (QED) is 0.479. The zero-order chi connectivity index (χ0) is 7.52. The Labute approximate surface area is 114 Å². The summed E-state index contributed by atoms with van der Waals surface area (Å²) < 4.78 is 9.81. The molecule has 1 aromatic heterocycles. The summed E-state index contributed by atoms with van der Waals surface area (Å²) in [5.74, 6) is 0. The van der Waals surface area contributed by atoms with Crippen molar-refractivity contribution in [2.24, 2.45) is 0 Å². The van der Waals surface area contributed by atoms with E-state index in [1.807, 2.05) is 0 Å². The number of rotatable bonds is 1. The van der Waals surface area contributed by atoms with Crippen LogP contribution in [0, 0.1) is 0 Å². The van der Waals surface area contributed by atoms with Gasteiger partial charge in [0.05, 0.1) is 6.04 Å². The monoisotopic (exact) mass is 196 g/mol. The first-order chi connectivity index (χ1) is 5.47. The van der Waals surface area contributed by atoms with E-state index in [0.717, 1.165) is 0 Å². The van der Waals surface area contributed by atoms with Crippen LogP contribution in [0.25, 0.3) is 0 Å². The summed E-state index contributed by atoms with van der Waals surface area (Å²) in [5.41, 5.74) is 0. The first-order valence-electron chi connectivity index (χ1n) is 4.16. The first kappa shape index (κ1) is 10.8. The van der Waals surface area contributed by atoms with E-state index in [-0.39, 0.29) is 51.4 Å². The first-order valence-corrected chi connectivity index (χ1v) is 4.16. The fourth-order valence-corrected chi connectivity index (χ4v) is 1.64. The topological polar surface area (TPSA) is 47.0 Å². The summed E-state index contributed by atoms with van der Waals surface area (Å²) >= 11 is 0. The van der Waals surface area contributed by atoms with Gasteiger partial charge in [-0.2, -0.15) is 10.1 Å². The van der Waals surface area contributed by atoms with Gasteiger partial charge in [0.25, 0.3) is 0 Å². The van der Waals surface area contributed by atoms with E-state index in [2.05, 4.69) is 5.27 Å². The minimum absolute atomic E-state index is 0. The number of aromatic amines is 1. The van der Waals surface area contributed by atoms with E-state index in [4.69, 9.17) is 9.05 Å². The van der Waals surface area contributed by atoms with Crippen LogP contribution in [0.1, 0.15) is 38.1 Å². The van der Waals surface area contributed by atoms with Gasteiger partial charge in [0.15, 0.2) is 0 Å². The average molecular weight is 196 g/mol.